The summed E-state index contributed by atoms with van der Waals surface area (Å²) in [5.41, 5.74) is 0. The maximum absolute atomic E-state index is 12.4. The molecule has 0 N–H and O–H groups in total. The third kappa shape index (κ3) is 1.92. The van der Waals surface area contributed by atoms with E-state index < -0.39 is 17.0 Å². The highest BCUT2D eigenvalue weighted by atomic mass is 32.2. The van der Waals surface area contributed by atoms with Gasteiger partial charge in [-0.15, -0.1) is 22.7 Å². The van der Waals surface area contributed by atoms with E-state index in [1.807, 2.05) is 0 Å². The number of carbonyl (C=O) groups is 1. The highest BCUT2D eigenvalue weighted by molar-refractivity contribution is 7.39. The number of thiophene rings is 2. The summed E-state index contributed by atoms with van der Waals surface area (Å²) >= 11 is 1.65. The summed E-state index contributed by atoms with van der Waals surface area (Å²) in [6.45, 7) is 0. The number of alkyl halides is 3. The predicted molar refractivity (Wildman–Crippen MR) is 56.0 cm³/mol. The largest absolute Gasteiger partial charge is 0.465 e. The van der Waals surface area contributed by atoms with Gasteiger partial charge in [0.05, 0.1) is 11.1 Å². The molecule has 2 heterocycles. The second-order valence-corrected chi connectivity index (χ2v) is 5.32. The van der Waals surface area contributed by atoms with Gasteiger partial charge >= 0.3 is 12.1 Å². The van der Waals surface area contributed by atoms with Crippen molar-refractivity contribution in [2.24, 2.45) is 0 Å². The fourth-order valence-electron chi connectivity index (χ4n) is 1.18. The Hall–Kier alpha value is -1.08. The van der Waals surface area contributed by atoms with Crippen LogP contribution in [-0.4, -0.2) is 13.1 Å². The highest BCUT2D eigenvalue weighted by Crippen LogP contribution is 2.41. The molecule has 0 fully saturated rings. The number of fused-ring (bicyclic) bond motifs is 1. The van der Waals surface area contributed by atoms with E-state index in [0.29, 0.717) is 25.6 Å². The van der Waals surface area contributed by atoms with E-state index >= 15 is 0 Å². The molecule has 86 valence electrons. The zero-order chi connectivity index (χ0) is 11.9. The molecule has 0 saturated carbocycles. The number of halogens is 3. The normalized spacial score (nSPS) is 12.0. The van der Waals surface area contributed by atoms with Crippen LogP contribution in [0.25, 0.3) is 9.40 Å². The molecule has 7 heteroatoms. The smallest absolute Gasteiger partial charge is 0.425 e. The van der Waals surface area contributed by atoms with Crippen LogP contribution >= 0.6 is 22.7 Å². The molecule has 0 aromatic carbocycles. The van der Waals surface area contributed by atoms with Gasteiger partial charge < -0.3 is 4.74 Å². The minimum Gasteiger partial charge on any atom is -0.465 e. The second kappa shape index (κ2) is 3.74. The molecule has 0 unspecified atom stereocenters. The SMILES string of the molecule is COC(=O)c1cc2cc(C(F)(F)F)sc2s1. The topological polar surface area (TPSA) is 26.3 Å². The van der Waals surface area contributed by atoms with Gasteiger partial charge in [0, 0.05) is 5.39 Å². The Labute approximate surface area is 96.3 Å². The summed E-state index contributed by atoms with van der Waals surface area (Å²) in [5.74, 6) is -0.526. The molecule has 0 amide bonds. The Morgan fingerprint density at radius 1 is 1.31 bits per heavy atom. The molecule has 16 heavy (non-hydrogen) atoms. The molecule has 0 aliphatic carbocycles. The van der Waals surface area contributed by atoms with Crippen LogP contribution in [0, 0.1) is 0 Å². The third-order valence-corrected chi connectivity index (χ3v) is 4.30. The molecular weight excluding hydrogens is 261 g/mol. The number of ether oxygens (including phenoxy) is 1. The fraction of sp³-hybridized carbons (Fsp3) is 0.222. The van der Waals surface area contributed by atoms with Crippen LogP contribution in [0.2, 0.25) is 0 Å². The fourth-order valence-corrected chi connectivity index (χ4v) is 3.41. The van der Waals surface area contributed by atoms with Crippen molar-refractivity contribution in [3.05, 3.63) is 21.9 Å². The van der Waals surface area contributed by atoms with Gasteiger partial charge in [0.15, 0.2) is 0 Å². The standard InChI is InChI=1S/C9H5F3O2S2/c1-14-7(13)5-2-4-3-6(9(10,11)12)16-8(4)15-5/h2-3H,1H3. The van der Waals surface area contributed by atoms with E-state index in [2.05, 4.69) is 4.74 Å². The van der Waals surface area contributed by atoms with Crippen LogP contribution in [0.4, 0.5) is 13.2 Å². The lowest BCUT2D eigenvalue weighted by Crippen LogP contribution is -2.00. The van der Waals surface area contributed by atoms with Crippen molar-refractivity contribution in [2.75, 3.05) is 7.11 Å². The summed E-state index contributed by atoms with van der Waals surface area (Å²) in [6.07, 6.45) is -4.32. The molecule has 0 spiro atoms. The third-order valence-electron chi connectivity index (χ3n) is 1.88. The van der Waals surface area contributed by atoms with E-state index in [1.165, 1.54) is 13.2 Å². The van der Waals surface area contributed by atoms with Crippen molar-refractivity contribution in [3.8, 4) is 0 Å². The molecule has 0 aliphatic heterocycles. The first-order valence-electron chi connectivity index (χ1n) is 4.10. The van der Waals surface area contributed by atoms with Crippen molar-refractivity contribution in [1.82, 2.24) is 0 Å². The van der Waals surface area contributed by atoms with Gasteiger partial charge in [0.25, 0.3) is 0 Å². The van der Waals surface area contributed by atoms with Crippen LogP contribution in [0.3, 0.4) is 0 Å². The summed E-state index contributed by atoms with van der Waals surface area (Å²) in [7, 11) is 1.23. The molecule has 0 bridgehead atoms. The van der Waals surface area contributed by atoms with Gasteiger partial charge in [0.2, 0.25) is 0 Å². The number of carbonyl (C=O) groups excluding carboxylic acids is 1. The zero-order valence-corrected chi connectivity index (χ0v) is 9.55. The van der Waals surface area contributed by atoms with Crippen LogP contribution < -0.4 is 0 Å². The molecule has 2 aromatic rings. The molecule has 0 radical (unpaired) electrons. The maximum Gasteiger partial charge on any atom is 0.425 e. The molecule has 0 atom stereocenters. The monoisotopic (exact) mass is 266 g/mol. The van der Waals surface area contributed by atoms with E-state index in [-0.39, 0.29) is 0 Å². The van der Waals surface area contributed by atoms with Gasteiger partial charge in [-0.05, 0) is 12.1 Å². The number of hydrogen-bond donors (Lipinski definition) is 0. The molecule has 2 nitrogen and oxygen atoms in total. The lowest BCUT2D eigenvalue weighted by atomic mass is 10.3. The van der Waals surface area contributed by atoms with Crippen LogP contribution in [0.5, 0.6) is 0 Å². The Kier molecular flexibility index (Phi) is 2.67. The van der Waals surface area contributed by atoms with Crippen LogP contribution in [-0.2, 0) is 10.9 Å². The van der Waals surface area contributed by atoms with E-state index in [4.69, 9.17) is 0 Å². The van der Waals surface area contributed by atoms with Gasteiger partial charge in [-0.25, -0.2) is 4.79 Å². The molecule has 0 saturated heterocycles. The van der Waals surface area contributed by atoms with E-state index in [9.17, 15) is 18.0 Å². The van der Waals surface area contributed by atoms with Crippen molar-refractivity contribution >= 4 is 38.0 Å². The Bertz CT molecular complexity index is 507. The predicted octanol–water partition coefficient (Wildman–Crippen LogP) is 3.77. The first kappa shape index (κ1) is 11.4. The molecule has 2 aromatic heterocycles. The average molecular weight is 266 g/mol. The maximum atomic E-state index is 12.4. The quantitative estimate of drug-likeness (QED) is 0.734. The summed E-state index contributed by atoms with van der Waals surface area (Å²) < 4.78 is 42.0. The van der Waals surface area contributed by atoms with E-state index in [1.54, 1.807) is 0 Å². The minimum atomic E-state index is -4.32. The van der Waals surface area contributed by atoms with Crippen molar-refractivity contribution in [3.63, 3.8) is 0 Å². The Balaban J connectivity index is 2.44. The minimum absolute atomic E-state index is 0.317. The Morgan fingerprint density at radius 2 is 2.00 bits per heavy atom. The number of methoxy groups -OCH3 is 1. The first-order chi connectivity index (χ1) is 7.41. The number of hydrogen-bond acceptors (Lipinski definition) is 4. The lowest BCUT2D eigenvalue weighted by Gasteiger charge is -2.00. The van der Waals surface area contributed by atoms with Gasteiger partial charge in [-0.1, -0.05) is 0 Å². The summed E-state index contributed by atoms with van der Waals surface area (Å²) in [5, 5.41) is 0.433. The van der Waals surface area contributed by atoms with E-state index in [0.717, 1.165) is 17.4 Å². The molecule has 2 rings (SSSR count). The first-order valence-corrected chi connectivity index (χ1v) is 5.74. The van der Waals surface area contributed by atoms with Gasteiger partial charge in [-0.2, -0.15) is 13.2 Å². The van der Waals surface area contributed by atoms with Crippen LogP contribution in [0.15, 0.2) is 12.1 Å². The number of rotatable bonds is 1. The zero-order valence-electron chi connectivity index (χ0n) is 7.92. The second-order valence-electron chi connectivity index (χ2n) is 2.95. The van der Waals surface area contributed by atoms with Crippen molar-refractivity contribution < 1.29 is 22.7 Å². The Morgan fingerprint density at radius 3 is 2.50 bits per heavy atom. The average Bonchev–Trinajstić information content (AvgIpc) is 2.71. The molecular formula is C9H5F3O2S2. The van der Waals surface area contributed by atoms with Gasteiger partial charge in [-0.3, -0.25) is 0 Å². The highest BCUT2D eigenvalue weighted by Gasteiger charge is 2.33. The summed E-state index contributed by atoms with van der Waals surface area (Å²) in [4.78, 5) is 10.8. The van der Waals surface area contributed by atoms with Crippen molar-refractivity contribution in [1.29, 1.82) is 0 Å². The number of esters is 1. The van der Waals surface area contributed by atoms with Crippen LogP contribution in [0.1, 0.15) is 14.5 Å². The lowest BCUT2D eigenvalue weighted by molar-refractivity contribution is -0.134. The van der Waals surface area contributed by atoms with Crippen molar-refractivity contribution in [2.45, 2.75) is 6.18 Å². The molecule has 0 aliphatic rings. The van der Waals surface area contributed by atoms with Gasteiger partial charge in [0.1, 0.15) is 9.75 Å². The summed E-state index contributed by atoms with van der Waals surface area (Å²) in [6, 6.07) is 2.46.